The molecule has 0 aliphatic carbocycles. The van der Waals surface area contributed by atoms with E-state index in [2.05, 4.69) is 0 Å². The fourth-order valence-corrected chi connectivity index (χ4v) is 3.57. The van der Waals surface area contributed by atoms with E-state index in [1.165, 1.54) is 4.31 Å². The van der Waals surface area contributed by atoms with E-state index in [1.54, 1.807) is 0 Å². The van der Waals surface area contributed by atoms with Crippen molar-refractivity contribution in [3.8, 4) is 0 Å². The number of unbranched alkanes of at least 4 members (excludes halogenated alkanes) is 1. The molecule has 1 aromatic carbocycles. The van der Waals surface area contributed by atoms with E-state index in [9.17, 15) is 8.42 Å². The SMILES string of the molecule is CCCCN(CCCl)S(=O)(=O)Cc1ccccc1. The monoisotopic (exact) mass is 289 g/mol. The lowest BCUT2D eigenvalue weighted by Crippen LogP contribution is -2.34. The molecule has 5 heteroatoms. The van der Waals surface area contributed by atoms with Crippen LogP contribution in [0.3, 0.4) is 0 Å². The van der Waals surface area contributed by atoms with E-state index in [1.807, 2.05) is 37.3 Å². The standard InChI is InChI=1S/C13H20ClNO2S/c1-2-3-10-15(11-9-14)18(16,17)12-13-7-5-4-6-8-13/h4-8H,2-3,9-12H2,1H3. The van der Waals surface area contributed by atoms with Crippen LogP contribution in [-0.2, 0) is 15.8 Å². The molecule has 0 fully saturated rings. The number of sulfonamides is 1. The summed E-state index contributed by atoms with van der Waals surface area (Å²) in [5, 5.41) is 0. The van der Waals surface area contributed by atoms with Crippen LogP contribution in [0.25, 0.3) is 0 Å². The van der Waals surface area contributed by atoms with Crippen LogP contribution in [0.1, 0.15) is 25.3 Å². The number of hydrogen-bond donors (Lipinski definition) is 0. The second-order valence-electron chi connectivity index (χ2n) is 4.18. The zero-order chi connectivity index (χ0) is 13.4. The molecule has 0 N–H and O–H groups in total. The van der Waals surface area contributed by atoms with Crippen LogP contribution in [0, 0.1) is 0 Å². The van der Waals surface area contributed by atoms with Crippen molar-refractivity contribution >= 4 is 21.6 Å². The van der Waals surface area contributed by atoms with Crippen LogP contribution in [-0.4, -0.2) is 31.7 Å². The molecule has 0 heterocycles. The van der Waals surface area contributed by atoms with Gasteiger partial charge < -0.3 is 0 Å². The predicted molar refractivity (Wildman–Crippen MR) is 76.3 cm³/mol. The van der Waals surface area contributed by atoms with E-state index >= 15 is 0 Å². The topological polar surface area (TPSA) is 37.4 Å². The van der Waals surface area contributed by atoms with Gasteiger partial charge in [0.1, 0.15) is 0 Å². The van der Waals surface area contributed by atoms with Crippen LogP contribution < -0.4 is 0 Å². The van der Waals surface area contributed by atoms with Crippen molar-refractivity contribution in [2.24, 2.45) is 0 Å². The first-order chi connectivity index (χ1) is 8.60. The maximum Gasteiger partial charge on any atom is 0.218 e. The maximum atomic E-state index is 12.3. The summed E-state index contributed by atoms with van der Waals surface area (Å²) < 4.78 is 26.0. The number of alkyl halides is 1. The number of hydrogen-bond acceptors (Lipinski definition) is 2. The highest BCUT2D eigenvalue weighted by atomic mass is 35.5. The molecule has 1 aromatic rings. The lowest BCUT2D eigenvalue weighted by molar-refractivity contribution is 0.420. The summed E-state index contributed by atoms with van der Waals surface area (Å²) in [5.41, 5.74) is 0.813. The zero-order valence-electron chi connectivity index (χ0n) is 10.7. The largest absolute Gasteiger partial charge is 0.218 e. The molecule has 1 rings (SSSR count). The Balaban J connectivity index is 2.75. The van der Waals surface area contributed by atoms with E-state index in [4.69, 9.17) is 11.6 Å². The van der Waals surface area contributed by atoms with Crippen LogP contribution in [0.4, 0.5) is 0 Å². The predicted octanol–water partition coefficient (Wildman–Crippen LogP) is 2.86. The van der Waals surface area contributed by atoms with Gasteiger partial charge in [0, 0.05) is 19.0 Å². The highest BCUT2D eigenvalue weighted by molar-refractivity contribution is 7.88. The Hall–Kier alpha value is -0.580. The summed E-state index contributed by atoms with van der Waals surface area (Å²) in [4.78, 5) is 0. The minimum atomic E-state index is -3.26. The average molecular weight is 290 g/mol. The second-order valence-corrected chi connectivity index (χ2v) is 6.53. The van der Waals surface area contributed by atoms with Crippen molar-refractivity contribution in [3.05, 3.63) is 35.9 Å². The summed E-state index contributed by atoms with van der Waals surface area (Å²) in [6, 6.07) is 9.24. The first-order valence-electron chi connectivity index (χ1n) is 6.18. The normalized spacial score (nSPS) is 11.9. The summed E-state index contributed by atoms with van der Waals surface area (Å²) in [7, 11) is -3.26. The van der Waals surface area contributed by atoms with Crippen LogP contribution in [0.2, 0.25) is 0 Å². The molecule has 3 nitrogen and oxygen atoms in total. The second kappa shape index (κ2) is 7.77. The number of benzene rings is 1. The third kappa shape index (κ3) is 4.96. The molecule has 0 atom stereocenters. The molecule has 0 radical (unpaired) electrons. The van der Waals surface area contributed by atoms with Gasteiger partial charge in [0.15, 0.2) is 0 Å². The van der Waals surface area contributed by atoms with Gasteiger partial charge in [-0.1, -0.05) is 43.7 Å². The Morgan fingerprint density at radius 1 is 1.17 bits per heavy atom. The lowest BCUT2D eigenvalue weighted by Gasteiger charge is -2.21. The van der Waals surface area contributed by atoms with E-state index in [0.717, 1.165) is 18.4 Å². The van der Waals surface area contributed by atoms with E-state index in [-0.39, 0.29) is 5.75 Å². The fourth-order valence-electron chi connectivity index (χ4n) is 1.69. The Bertz CT molecular complexity index is 434. The molecule has 102 valence electrons. The average Bonchev–Trinajstić information content (AvgIpc) is 2.35. The van der Waals surface area contributed by atoms with Gasteiger partial charge in [-0.3, -0.25) is 0 Å². The van der Waals surface area contributed by atoms with Gasteiger partial charge in [-0.05, 0) is 12.0 Å². The zero-order valence-corrected chi connectivity index (χ0v) is 12.3. The Morgan fingerprint density at radius 2 is 1.83 bits per heavy atom. The summed E-state index contributed by atoms with van der Waals surface area (Å²) >= 11 is 5.68. The summed E-state index contributed by atoms with van der Waals surface area (Å²) in [6.07, 6.45) is 1.84. The molecule has 0 amide bonds. The minimum Gasteiger partial charge on any atom is -0.212 e. The third-order valence-corrected chi connectivity index (χ3v) is 4.70. The third-order valence-electron chi connectivity index (χ3n) is 2.68. The molecule has 18 heavy (non-hydrogen) atoms. The summed E-state index contributed by atoms with van der Waals surface area (Å²) in [5.74, 6) is 0.381. The smallest absolute Gasteiger partial charge is 0.212 e. The number of nitrogens with zero attached hydrogens (tertiary/aromatic N) is 1. The fraction of sp³-hybridized carbons (Fsp3) is 0.538. The van der Waals surface area contributed by atoms with Gasteiger partial charge in [0.2, 0.25) is 10.0 Å². The molecule has 0 saturated heterocycles. The van der Waals surface area contributed by atoms with Crippen LogP contribution in [0.5, 0.6) is 0 Å². The highest BCUT2D eigenvalue weighted by Crippen LogP contribution is 2.12. The van der Waals surface area contributed by atoms with Crippen molar-refractivity contribution in [1.82, 2.24) is 4.31 Å². The molecule has 0 bridgehead atoms. The number of rotatable bonds is 8. The quantitative estimate of drug-likeness (QED) is 0.690. The molecule has 0 aromatic heterocycles. The Kier molecular flexibility index (Phi) is 6.68. The van der Waals surface area contributed by atoms with Gasteiger partial charge in [0.05, 0.1) is 5.75 Å². The van der Waals surface area contributed by atoms with Gasteiger partial charge in [-0.25, -0.2) is 12.7 Å². The number of halogens is 1. The molecule has 0 saturated carbocycles. The van der Waals surface area contributed by atoms with Crippen molar-refractivity contribution in [1.29, 1.82) is 0 Å². The maximum absolute atomic E-state index is 12.3. The first-order valence-corrected chi connectivity index (χ1v) is 8.32. The van der Waals surface area contributed by atoms with Crippen molar-refractivity contribution in [2.45, 2.75) is 25.5 Å². The molecule has 0 aliphatic heterocycles. The van der Waals surface area contributed by atoms with E-state index in [0.29, 0.717) is 19.0 Å². The first kappa shape index (κ1) is 15.5. The van der Waals surface area contributed by atoms with Gasteiger partial charge in [-0.15, -0.1) is 11.6 Å². The van der Waals surface area contributed by atoms with Gasteiger partial charge in [-0.2, -0.15) is 0 Å². The minimum absolute atomic E-state index is 0.0500. The van der Waals surface area contributed by atoms with Crippen LogP contribution in [0.15, 0.2) is 30.3 Å². The van der Waals surface area contributed by atoms with E-state index < -0.39 is 10.0 Å². The molecular weight excluding hydrogens is 270 g/mol. The Labute approximate surface area is 115 Å². The van der Waals surface area contributed by atoms with Crippen molar-refractivity contribution < 1.29 is 8.42 Å². The van der Waals surface area contributed by atoms with Crippen LogP contribution >= 0.6 is 11.6 Å². The summed E-state index contributed by atoms with van der Waals surface area (Å²) in [6.45, 7) is 2.98. The molecule has 0 unspecified atom stereocenters. The Morgan fingerprint density at radius 3 is 2.39 bits per heavy atom. The molecular formula is C13H20ClNO2S. The molecule has 0 spiro atoms. The van der Waals surface area contributed by atoms with Gasteiger partial charge >= 0.3 is 0 Å². The van der Waals surface area contributed by atoms with Crippen molar-refractivity contribution in [2.75, 3.05) is 19.0 Å². The highest BCUT2D eigenvalue weighted by Gasteiger charge is 2.21. The van der Waals surface area contributed by atoms with Crippen molar-refractivity contribution in [3.63, 3.8) is 0 Å². The van der Waals surface area contributed by atoms with Gasteiger partial charge in [0.25, 0.3) is 0 Å². The lowest BCUT2D eigenvalue weighted by atomic mass is 10.2. The molecule has 0 aliphatic rings.